The van der Waals surface area contributed by atoms with Gasteiger partial charge in [-0.3, -0.25) is 10.1 Å². The normalized spacial score (nSPS) is 10.4. The van der Waals surface area contributed by atoms with E-state index in [4.69, 9.17) is 11.6 Å². The Labute approximate surface area is 109 Å². The van der Waals surface area contributed by atoms with Gasteiger partial charge in [-0.25, -0.2) is 4.98 Å². The Bertz CT molecular complexity index is 626. The summed E-state index contributed by atoms with van der Waals surface area (Å²) in [4.78, 5) is 14.6. The maximum absolute atomic E-state index is 11.0. The highest BCUT2D eigenvalue weighted by Crippen LogP contribution is 2.30. The van der Waals surface area contributed by atoms with Crippen LogP contribution in [0.1, 0.15) is 11.1 Å². The summed E-state index contributed by atoms with van der Waals surface area (Å²) < 4.78 is 0. The van der Waals surface area contributed by atoms with E-state index in [1.807, 2.05) is 32.0 Å². The monoisotopic (exact) mass is 262 g/mol. The quantitative estimate of drug-likeness (QED) is 0.468. The molecule has 0 bridgehead atoms. The summed E-state index contributed by atoms with van der Waals surface area (Å²) in [5.74, 6) is 0. The predicted molar refractivity (Wildman–Crippen MR) is 70.8 cm³/mol. The molecule has 0 saturated heterocycles. The van der Waals surface area contributed by atoms with E-state index < -0.39 is 4.92 Å². The van der Waals surface area contributed by atoms with Gasteiger partial charge in [0.2, 0.25) is 0 Å². The molecule has 0 spiro atoms. The molecule has 0 radical (unpaired) electrons. The molecule has 1 heterocycles. The number of rotatable bonds is 2. The van der Waals surface area contributed by atoms with Crippen molar-refractivity contribution in [2.45, 2.75) is 13.8 Å². The lowest BCUT2D eigenvalue weighted by Gasteiger charge is -2.06. The summed E-state index contributed by atoms with van der Waals surface area (Å²) >= 11 is 5.81. The van der Waals surface area contributed by atoms with Gasteiger partial charge in [-0.2, -0.15) is 0 Å². The van der Waals surface area contributed by atoms with Crippen molar-refractivity contribution in [3.05, 3.63) is 56.7 Å². The molecule has 1 aromatic heterocycles. The molecule has 0 amide bonds. The number of aromatic nitrogens is 1. The maximum atomic E-state index is 11.0. The zero-order valence-electron chi connectivity index (χ0n) is 9.98. The van der Waals surface area contributed by atoms with E-state index in [-0.39, 0.29) is 10.8 Å². The van der Waals surface area contributed by atoms with Gasteiger partial charge in [0.25, 0.3) is 5.69 Å². The van der Waals surface area contributed by atoms with Gasteiger partial charge in [-0.1, -0.05) is 23.7 Å². The van der Waals surface area contributed by atoms with Crippen molar-refractivity contribution in [3.8, 4) is 11.3 Å². The molecule has 0 fully saturated rings. The first-order chi connectivity index (χ1) is 8.49. The third-order valence-corrected chi connectivity index (χ3v) is 3.03. The Hall–Kier alpha value is -1.94. The Morgan fingerprint density at radius 3 is 2.50 bits per heavy atom. The van der Waals surface area contributed by atoms with Gasteiger partial charge in [-0.15, -0.1) is 0 Å². The van der Waals surface area contributed by atoms with Crippen molar-refractivity contribution in [2.24, 2.45) is 0 Å². The van der Waals surface area contributed by atoms with Gasteiger partial charge in [0.05, 0.1) is 4.92 Å². The number of nitro groups is 1. The van der Waals surface area contributed by atoms with Gasteiger partial charge in [0.1, 0.15) is 10.8 Å². The number of benzene rings is 1. The molecule has 92 valence electrons. The molecular weight excluding hydrogens is 252 g/mol. The number of pyridine rings is 1. The molecule has 1 aromatic carbocycles. The van der Waals surface area contributed by atoms with Gasteiger partial charge < -0.3 is 0 Å². The highest BCUT2D eigenvalue weighted by atomic mass is 35.5. The Kier molecular flexibility index (Phi) is 3.30. The van der Waals surface area contributed by atoms with Crippen LogP contribution >= 0.6 is 11.6 Å². The van der Waals surface area contributed by atoms with E-state index in [1.165, 1.54) is 12.1 Å². The number of hydrogen-bond donors (Lipinski definition) is 0. The molecule has 0 atom stereocenters. The average molecular weight is 263 g/mol. The first-order valence-electron chi connectivity index (χ1n) is 5.37. The Balaban J connectivity index is 2.65. The maximum Gasteiger partial charge on any atom is 0.295 e. The zero-order valence-corrected chi connectivity index (χ0v) is 10.7. The molecule has 0 aliphatic rings. The van der Waals surface area contributed by atoms with Crippen LogP contribution in [-0.4, -0.2) is 9.91 Å². The summed E-state index contributed by atoms with van der Waals surface area (Å²) in [5, 5.41) is 11.2. The van der Waals surface area contributed by atoms with Crippen LogP contribution in [0.3, 0.4) is 0 Å². The van der Waals surface area contributed by atoms with E-state index in [9.17, 15) is 10.1 Å². The van der Waals surface area contributed by atoms with Crippen LogP contribution in [0.15, 0.2) is 30.3 Å². The van der Waals surface area contributed by atoms with E-state index in [1.54, 1.807) is 0 Å². The molecule has 0 N–H and O–H groups in total. The van der Waals surface area contributed by atoms with E-state index in [2.05, 4.69) is 4.98 Å². The molecule has 0 aliphatic carbocycles. The standard InChI is InChI=1S/C13H11ClN2O2/c1-8-3-4-10(7-9(8)2)13-11(16(17)18)5-6-12(14)15-13/h3-7H,1-2H3. The van der Waals surface area contributed by atoms with Crippen LogP contribution in [0.4, 0.5) is 5.69 Å². The molecule has 2 rings (SSSR count). The van der Waals surface area contributed by atoms with Crippen LogP contribution in [0.5, 0.6) is 0 Å². The van der Waals surface area contributed by atoms with E-state index in [0.717, 1.165) is 11.1 Å². The van der Waals surface area contributed by atoms with E-state index >= 15 is 0 Å². The third-order valence-electron chi connectivity index (χ3n) is 2.82. The van der Waals surface area contributed by atoms with Crippen LogP contribution in [0.25, 0.3) is 11.3 Å². The minimum atomic E-state index is -0.451. The summed E-state index contributed by atoms with van der Waals surface area (Å²) in [6.07, 6.45) is 0. The van der Waals surface area contributed by atoms with Crippen LogP contribution in [0.2, 0.25) is 5.15 Å². The number of hydrogen-bond acceptors (Lipinski definition) is 3. The Morgan fingerprint density at radius 1 is 1.17 bits per heavy atom. The van der Waals surface area contributed by atoms with E-state index in [0.29, 0.717) is 11.3 Å². The van der Waals surface area contributed by atoms with Crippen molar-refractivity contribution in [2.75, 3.05) is 0 Å². The summed E-state index contributed by atoms with van der Waals surface area (Å²) in [7, 11) is 0. The predicted octanol–water partition coefficient (Wildman–Crippen LogP) is 3.93. The van der Waals surface area contributed by atoms with Crippen LogP contribution < -0.4 is 0 Å². The lowest BCUT2D eigenvalue weighted by atomic mass is 10.0. The smallest absolute Gasteiger partial charge is 0.258 e. The average Bonchev–Trinajstić information content (AvgIpc) is 2.32. The van der Waals surface area contributed by atoms with Gasteiger partial charge in [-0.05, 0) is 37.1 Å². The van der Waals surface area contributed by atoms with Gasteiger partial charge in [0.15, 0.2) is 0 Å². The topological polar surface area (TPSA) is 56.0 Å². The molecular formula is C13H11ClN2O2. The first kappa shape index (κ1) is 12.5. The minimum Gasteiger partial charge on any atom is -0.258 e. The molecule has 5 heteroatoms. The molecule has 18 heavy (non-hydrogen) atoms. The van der Waals surface area contributed by atoms with Gasteiger partial charge in [0, 0.05) is 11.6 Å². The second-order valence-corrected chi connectivity index (χ2v) is 4.45. The van der Waals surface area contributed by atoms with Crippen molar-refractivity contribution in [1.82, 2.24) is 4.98 Å². The fourth-order valence-electron chi connectivity index (χ4n) is 1.68. The molecule has 0 unspecified atom stereocenters. The lowest BCUT2D eigenvalue weighted by molar-refractivity contribution is -0.384. The third kappa shape index (κ3) is 2.33. The van der Waals surface area contributed by atoms with Gasteiger partial charge >= 0.3 is 0 Å². The summed E-state index contributed by atoms with van der Waals surface area (Å²) in [6, 6.07) is 8.40. The highest BCUT2D eigenvalue weighted by Gasteiger charge is 2.17. The molecule has 0 aliphatic heterocycles. The zero-order chi connectivity index (χ0) is 13.3. The lowest BCUT2D eigenvalue weighted by Crippen LogP contribution is -1.95. The van der Waals surface area contributed by atoms with Crippen molar-refractivity contribution in [3.63, 3.8) is 0 Å². The second kappa shape index (κ2) is 4.74. The first-order valence-corrected chi connectivity index (χ1v) is 5.75. The summed E-state index contributed by atoms with van der Waals surface area (Å²) in [6.45, 7) is 3.94. The van der Waals surface area contributed by atoms with Crippen molar-refractivity contribution < 1.29 is 4.92 Å². The largest absolute Gasteiger partial charge is 0.295 e. The minimum absolute atomic E-state index is 0.0392. The van der Waals surface area contributed by atoms with Crippen molar-refractivity contribution in [1.29, 1.82) is 0 Å². The fraction of sp³-hybridized carbons (Fsp3) is 0.154. The Morgan fingerprint density at radius 2 is 1.89 bits per heavy atom. The number of nitrogens with zero attached hydrogens (tertiary/aromatic N) is 2. The SMILES string of the molecule is Cc1ccc(-c2nc(Cl)ccc2[N+](=O)[O-])cc1C. The molecule has 0 saturated carbocycles. The van der Waals surface area contributed by atoms with Crippen LogP contribution in [-0.2, 0) is 0 Å². The summed E-state index contributed by atoms with van der Waals surface area (Å²) in [5.41, 5.74) is 3.15. The second-order valence-electron chi connectivity index (χ2n) is 4.06. The van der Waals surface area contributed by atoms with Crippen molar-refractivity contribution >= 4 is 17.3 Å². The number of aryl methyl sites for hydroxylation is 2. The molecule has 4 nitrogen and oxygen atoms in total. The number of halogens is 1. The fourth-order valence-corrected chi connectivity index (χ4v) is 1.82. The highest BCUT2D eigenvalue weighted by molar-refractivity contribution is 6.29. The van der Waals surface area contributed by atoms with Crippen LogP contribution in [0, 0.1) is 24.0 Å². The molecule has 2 aromatic rings.